The van der Waals surface area contributed by atoms with E-state index < -0.39 is 8.07 Å². The molecule has 1 atom stereocenters. The summed E-state index contributed by atoms with van der Waals surface area (Å²) in [4.78, 5) is 3.93. The first-order valence-electron chi connectivity index (χ1n) is 5.36. The minimum absolute atomic E-state index is 0.213. The van der Waals surface area contributed by atoms with Crippen LogP contribution in [0.4, 0.5) is 4.39 Å². The van der Waals surface area contributed by atoms with E-state index in [0.717, 1.165) is 11.4 Å². The second-order valence-corrected chi connectivity index (χ2v) is 8.36. The maximum atomic E-state index is 12.9. The van der Waals surface area contributed by atoms with Crippen molar-refractivity contribution in [1.82, 2.24) is 14.8 Å². The van der Waals surface area contributed by atoms with Gasteiger partial charge in [-0.1, -0.05) is 29.6 Å². The van der Waals surface area contributed by atoms with Crippen LogP contribution in [0.1, 0.15) is 0 Å². The zero-order valence-corrected chi connectivity index (χ0v) is 10.7. The molecule has 1 heterocycles. The SMILES string of the molecule is C=C[Si](C)(Cn1cncn1)c1ccc(F)cc1. The second kappa shape index (κ2) is 4.63. The van der Waals surface area contributed by atoms with Crippen LogP contribution in [0.3, 0.4) is 0 Å². The number of hydrogen-bond donors (Lipinski definition) is 0. The van der Waals surface area contributed by atoms with Crippen molar-refractivity contribution in [2.75, 3.05) is 0 Å². The largest absolute Gasteiger partial charge is 0.255 e. The lowest BCUT2D eigenvalue weighted by Gasteiger charge is -2.23. The van der Waals surface area contributed by atoms with Gasteiger partial charge >= 0.3 is 0 Å². The van der Waals surface area contributed by atoms with Crippen molar-refractivity contribution < 1.29 is 4.39 Å². The molecule has 5 heteroatoms. The van der Waals surface area contributed by atoms with E-state index in [2.05, 4.69) is 23.2 Å². The first-order chi connectivity index (χ1) is 8.14. The van der Waals surface area contributed by atoms with Gasteiger partial charge in [0, 0.05) is 6.17 Å². The van der Waals surface area contributed by atoms with Crippen LogP contribution in [0, 0.1) is 5.82 Å². The minimum Gasteiger partial charge on any atom is -0.255 e. The molecule has 0 radical (unpaired) electrons. The molecular weight excluding hydrogens is 233 g/mol. The summed E-state index contributed by atoms with van der Waals surface area (Å²) in [6, 6.07) is 6.65. The molecule has 2 rings (SSSR count). The molecule has 17 heavy (non-hydrogen) atoms. The van der Waals surface area contributed by atoms with Crippen molar-refractivity contribution in [3.05, 3.63) is 55.0 Å². The van der Waals surface area contributed by atoms with Gasteiger partial charge in [0.1, 0.15) is 26.5 Å². The number of aromatic nitrogens is 3. The van der Waals surface area contributed by atoms with Crippen LogP contribution in [0.15, 0.2) is 49.2 Å². The molecule has 0 spiro atoms. The fraction of sp³-hybridized carbons (Fsp3) is 0.167. The Morgan fingerprint density at radius 2 is 2.12 bits per heavy atom. The zero-order valence-electron chi connectivity index (χ0n) is 9.68. The Bertz CT molecular complexity index is 495. The van der Waals surface area contributed by atoms with E-state index in [0.29, 0.717) is 0 Å². The molecule has 1 aromatic heterocycles. The monoisotopic (exact) mass is 247 g/mol. The van der Waals surface area contributed by atoms with Crippen molar-refractivity contribution in [2.24, 2.45) is 0 Å². The lowest BCUT2D eigenvalue weighted by atomic mass is 10.3. The van der Waals surface area contributed by atoms with Crippen LogP contribution >= 0.6 is 0 Å². The fourth-order valence-electron chi connectivity index (χ4n) is 1.76. The average Bonchev–Trinajstić information content (AvgIpc) is 2.82. The molecule has 0 saturated heterocycles. The normalized spacial score (nSPS) is 14.2. The van der Waals surface area contributed by atoms with E-state index in [1.807, 2.05) is 17.8 Å². The Kier molecular flexibility index (Phi) is 3.19. The smallest absolute Gasteiger partial charge is 0.137 e. The van der Waals surface area contributed by atoms with Crippen molar-refractivity contribution >= 4 is 13.3 Å². The molecule has 88 valence electrons. The summed E-state index contributed by atoms with van der Waals surface area (Å²) in [6.07, 6.45) is 3.98. The van der Waals surface area contributed by atoms with Gasteiger partial charge in [0.2, 0.25) is 0 Å². The highest BCUT2D eigenvalue weighted by molar-refractivity contribution is 6.93. The third-order valence-electron chi connectivity index (χ3n) is 2.91. The van der Waals surface area contributed by atoms with Gasteiger partial charge in [0.25, 0.3) is 0 Å². The van der Waals surface area contributed by atoms with E-state index in [9.17, 15) is 4.39 Å². The molecule has 2 aromatic rings. The van der Waals surface area contributed by atoms with Crippen LogP contribution in [-0.2, 0) is 6.17 Å². The highest BCUT2D eigenvalue weighted by Gasteiger charge is 2.26. The molecule has 0 aliphatic carbocycles. The average molecular weight is 247 g/mol. The van der Waals surface area contributed by atoms with Gasteiger partial charge in [0.15, 0.2) is 0 Å². The lowest BCUT2D eigenvalue weighted by Crippen LogP contribution is -2.47. The number of rotatable bonds is 4. The molecular formula is C12H14FN3Si. The Hall–Kier alpha value is -1.75. The van der Waals surface area contributed by atoms with Gasteiger partial charge in [-0.25, -0.2) is 9.37 Å². The molecule has 1 unspecified atom stereocenters. The molecule has 0 bridgehead atoms. The van der Waals surface area contributed by atoms with Crippen LogP contribution in [0.5, 0.6) is 0 Å². The van der Waals surface area contributed by atoms with Gasteiger partial charge in [-0.2, -0.15) is 5.10 Å². The molecule has 0 aliphatic rings. The van der Waals surface area contributed by atoms with E-state index >= 15 is 0 Å². The van der Waals surface area contributed by atoms with Gasteiger partial charge in [0.05, 0.1) is 0 Å². The van der Waals surface area contributed by atoms with Crippen LogP contribution in [0.2, 0.25) is 6.55 Å². The maximum Gasteiger partial charge on any atom is 0.137 e. The third kappa shape index (κ3) is 2.50. The predicted molar refractivity (Wildman–Crippen MR) is 67.9 cm³/mol. The van der Waals surface area contributed by atoms with Gasteiger partial charge in [-0.05, 0) is 12.1 Å². The van der Waals surface area contributed by atoms with Crippen LogP contribution in [-0.4, -0.2) is 22.8 Å². The van der Waals surface area contributed by atoms with E-state index in [1.54, 1.807) is 11.0 Å². The second-order valence-electron chi connectivity index (χ2n) is 4.22. The first-order valence-corrected chi connectivity index (χ1v) is 8.14. The van der Waals surface area contributed by atoms with Crippen molar-refractivity contribution in [1.29, 1.82) is 0 Å². The molecule has 0 saturated carbocycles. The van der Waals surface area contributed by atoms with Crippen molar-refractivity contribution in [3.63, 3.8) is 0 Å². The molecule has 0 fully saturated rings. The Morgan fingerprint density at radius 1 is 1.41 bits per heavy atom. The van der Waals surface area contributed by atoms with E-state index in [1.165, 1.54) is 18.5 Å². The quantitative estimate of drug-likeness (QED) is 0.769. The highest BCUT2D eigenvalue weighted by Crippen LogP contribution is 2.08. The summed E-state index contributed by atoms with van der Waals surface area (Å²) in [6.45, 7) is 6.09. The zero-order chi connectivity index (χ0) is 12.3. The maximum absolute atomic E-state index is 12.9. The lowest BCUT2D eigenvalue weighted by molar-refractivity contribution is 0.628. The number of halogens is 1. The Morgan fingerprint density at radius 3 is 2.65 bits per heavy atom. The van der Waals surface area contributed by atoms with E-state index in [-0.39, 0.29) is 5.82 Å². The molecule has 0 aliphatic heterocycles. The standard InChI is InChI=1S/C12H14FN3Si/c1-3-17(2,10-16-9-14-8-15-16)12-6-4-11(13)5-7-12/h3-9H,1,10H2,2H3. The summed E-state index contributed by atoms with van der Waals surface area (Å²) >= 11 is 0. The molecule has 1 aromatic carbocycles. The topological polar surface area (TPSA) is 30.7 Å². The van der Waals surface area contributed by atoms with Crippen molar-refractivity contribution in [3.8, 4) is 0 Å². The Balaban J connectivity index is 2.30. The van der Waals surface area contributed by atoms with Crippen molar-refractivity contribution in [2.45, 2.75) is 12.7 Å². The first kappa shape index (κ1) is 11.7. The van der Waals surface area contributed by atoms with Crippen LogP contribution in [0.25, 0.3) is 0 Å². The van der Waals surface area contributed by atoms with Crippen LogP contribution < -0.4 is 5.19 Å². The van der Waals surface area contributed by atoms with Gasteiger partial charge in [-0.3, -0.25) is 4.68 Å². The number of nitrogens with zero attached hydrogens (tertiary/aromatic N) is 3. The fourth-order valence-corrected chi connectivity index (χ4v) is 4.07. The summed E-state index contributed by atoms with van der Waals surface area (Å²) < 4.78 is 14.7. The number of hydrogen-bond acceptors (Lipinski definition) is 2. The highest BCUT2D eigenvalue weighted by atomic mass is 28.3. The Labute approximate surface area is 101 Å². The van der Waals surface area contributed by atoms with E-state index in [4.69, 9.17) is 0 Å². The molecule has 0 N–H and O–H groups in total. The number of benzene rings is 1. The van der Waals surface area contributed by atoms with Gasteiger partial charge in [-0.15, -0.1) is 6.58 Å². The molecule has 0 amide bonds. The summed E-state index contributed by atoms with van der Waals surface area (Å²) in [5.74, 6) is -0.213. The van der Waals surface area contributed by atoms with Gasteiger partial charge < -0.3 is 0 Å². The summed E-state index contributed by atoms with van der Waals surface area (Å²) in [5.41, 5.74) is 1.99. The summed E-state index contributed by atoms with van der Waals surface area (Å²) in [5, 5.41) is 5.25. The third-order valence-corrected chi connectivity index (χ3v) is 6.45. The minimum atomic E-state index is -1.87. The summed E-state index contributed by atoms with van der Waals surface area (Å²) in [7, 11) is -1.87. The predicted octanol–water partition coefficient (Wildman–Crippen LogP) is 1.67. The molecule has 3 nitrogen and oxygen atoms in total.